The smallest absolute Gasteiger partial charge is 0.243 e. The third kappa shape index (κ3) is 3.26. The van der Waals surface area contributed by atoms with Gasteiger partial charge < -0.3 is 5.32 Å². The molecule has 2 heterocycles. The average Bonchev–Trinajstić information content (AvgIpc) is 2.57. The molecule has 2 atom stereocenters. The van der Waals surface area contributed by atoms with Gasteiger partial charge in [-0.3, -0.25) is 4.21 Å². The number of nitrogens with zero attached hydrogens (tertiary/aromatic N) is 3. The molecule has 0 aromatic carbocycles. The highest BCUT2D eigenvalue weighted by Crippen LogP contribution is 2.12. The molecular formula is C10H13BrN4OS. The van der Waals surface area contributed by atoms with E-state index in [9.17, 15) is 4.21 Å². The molecule has 2 aromatic rings. The zero-order chi connectivity index (χ0) is 12.4. The summed E-state index contributed by atoms with van der Waals surface area (Å²) in [5.74, 6) is 1.14. The van der Waals surface area contributed by atoms with E-state index < -0.39 is 10.8 Å². The van der Waals surface area contributed by atoms with Crippen LogP contribution in [0.4, 0.5) is 5.95 Å². The van der Waals surface area contributed by atoms with Gasteiger partial charge in [-0.15, -0.1) is 5.10 Å². The van der Waals surface area contributed by atoms with E-state index in [4.69, 9.17) is 0 Å². The summed E-state index contributed by atoms with van der Waals surface area (Å²) < 4.78 is 13.7. The second-order valence-electron chi connectivity index (χ2n) is 3.87. The van der Waals surface area contributed by atoms with Gasteiger partial charge in [0, 0.05) is 39.5 Å². The van der Waals surface area contributed by atoms with Crippen molar-refractivity contribution in [3.05, 3.63) is 22.8 Å². The molecule has 0 spiro atoms. The van der Waals surface area contributed by atoms with Crippen molar-refractivity contribution in [2.45, 2.75) is 13.0 Å². The number of pyridine rings is 1. The molecule has 0 saturated heterocycles. The summed E-state index contributed by atoms with van der Waals surface area (Å²) in [7, 11) is -0.823. The van der Waals surface area contributed by atoms with E-state index in [0.29, 0.717) is 11.7 Å². The van der Waals surface area contributed by atoms with Crippen molar-refractivity contribution >= 4 is 38.3 Å². The quantitative estimate of drug-likeness (QED) is 0.932. The highest BCUT2D eigenvalue weighted by atomic mass is 79.9. The van der Waals surface area contributed by atoms with E-state index in [-0.39, 0.29) is 6.04 Å². The molecule has 0 radical (unpaired) electrons. The third-order valence-corrected chi connectivity index (χ3v) is 3.59. The molecule has 1 N–H and O–H groups in total. The number of aromatic nitrogens is 3. The van der Waals surface area contributed by atoms with E-state index in [1.165, 1.54) is 0 Å². The van der Waals surface area contributed by atoms with Crippen molar-refractivity contribution in [1.29, 1.82) is 0 Å². The van der Waals surface area contributed by atoms with Gasteiger partial charge in [0.1, 0.15) is 0 Å². The molecular weight excluding hydrogens is 304 g/mol. The third-order valence-electron chi connectivity index (χ3n) is 2.16. The lowest BCUT2D eigenvalue weighted by atomic mass is 10.4. The fraction of sp³-hybridized carbons (Fsp3) is 0.400. The molecule has 0 saturated carbocycles. The minimum atomic E-state index is -0.823. The summed E-state index contributed by atoms with van der Waals surface area (Å²) in [4.78, 5) is 4.32. The summed E-state index contributed by atoms with van der Waals surface area (Å²) in [6.45, 7) is 1.96. The first-order valence-electron chi connectivity index (χ1n) is 5.13. The largest absolute Gasteiger partial charge is 0.350 e. The molecule has 2 rings (SSSR count). The van der Waals surface area contributed by atoms with E-state index >= 15 is 0 Å². The van der Waals surface area contributed by atoms with Crippen LogP contribution in [-0.4, -0.2) is 36.9 Å². The van der Waals surface area contributed by atoms with Crippen LogP contribution in [-0.2, 0) is 10.8 Å². The van der Waals surface area contributed by atoms with Gasteiger partial charge >= 0.3 is 0 Å². The van der Waals surface area contributed by atoms with Crippen molar-refractivity contribution in [1.82, 2.24) is 14.6 Å². The summed E-state index contributed by atoms with van der Waals surface area (Å²) in [6.07, 6.45) is 3.53. The number of fused-ring (bicyclic) bond motifs is 1. The van der Waals surface area contributed by atoms with Gasteiger partial charge in [-0.1, -0.05) is 0 Å². The predicted octanol–water partition coefficient (Wildman–Crippen LogP) is 1.67. The molecule has 2 aromatic heterocycles. The maximum Gasteiger partial charge on any atom is 0.243 e. The van der Waals surface area contributed by atoms with Crippen molar-refractivity contribution in [3.8, 4) is 0 Å². The van der Waals surface area contributed by atoms with Crippen molar-refractivity contribution in [2.75, 3.05) is 17.3 Å². The summed E-state index contributed by atoms with van der Waals surface area (Å²) in [6, 6.07) is 3.88. The minimum absolute atomic E-state index is 0.0849. The first-order valence-corrected chi connectivity index (χ1v) is 7.65. The van der Waals surface area contributed by atoms with Crippen LogP contribution < -0.4 is 5.32 Å². The molecule has 92 valence electrons. The lowest BCUT2D eigenvalue weighted by Gasteiger charge is -2.09. The van der Waals surface area contributed by atoms with Crippen molar-refractivity contribution < 1.29 is 4.21 Å². The molecule has 0 aliphatic heterocycles. The van der Waals surface area contributed by atoms with Crippen LogP contribution in [0.3, 0.4) is 0 Å². The van der Waals surface area contributed by atoms with Crippen LogP contribution in [0.15, 0.2) is 22.8 Å². The minimum Gasteiger partial charge on any atom is -0.350 e. The van der Waals surface area contributed by atoms with E-state index in [1.807, 2.05) is 25.3 Å². The normalized spacial score (nSPS) is 14.8. The van der Waals surface area contributed by atoms with Crippen LogP contribution in [0.25, 0.3) is 5.65 Å². The molecule has 0 bridgehead atoms. The molecule has 0 aliphatic rings. The van der Waals surface area contributed by atoms with E-state index in [2.05, 4.69) is 31.3 Å². The van der Waals surface area contributed by atoms with Gasteiger partial charge in [-0.25, -0.2) is 4.52 Å². The van der Waals surface area contributed by atoms with Crippen LogP contribution in [0.5, 0.6) is 0 Å². The first kappa shape index (κ1) is 12.5. The maximum atomic E-state index is 11.1. The number of hydrogen-bond donors (Lipinski definition) is 1. The fourth-order valence-electron chi connectivity index (χ4n) is 1.53. The van der Waals surface area contributed by atoms with Gasteiger partial charge in [-0.2, -0.15) is 4.98 Å². The Labute approximate surface area is 110 Å². The Kier molecular flexibility index (Phi) is 3.78. The Morgan fingerprint density at radius 1 is 1.59 bits per heavy atom. The maximum absolute atomic E-state index is 11.1. The number of nitrogens with one attached hydrogen (secondary N) is 1. The molecule has 17 heavy (non-hydrogen) atoms. The second-order valence-corrected chi connectivity index (χ2v) is 6.27. The van der Waals surface area contributed by atoms with Gasteiger partial charge in [-0.05, 0) is 35.0 Å². The zero-order valence-corrected chi connectivity index (χ0v) is 12.0. The number of halogens is 1. The van der Waals surface area contributed by atoms with E-state index in [1.54, 1.807) is 10.8 Å². The monoisotopic (exact) mass is 316 g/mol. The van der Waals surface area contributed by atoms with Crippen LogP contribution in [0.1, 0.15) is 6.92 Å². The Hall–Kier alpha value is -0.950. The summed E-state index contributed by atoms with van der Waals surface area (Å²) in [5, 5.41) is 7.42. The molecule has 2 unspecified atom stereocenters. The zero-order valence-electron chi connectivity index (χ0n) is 9.55. The molecule has 7 heteroatoms. The Bertz CT molecular complexity index is 556. The lowest BCUT2D eigenvalue weighted by molar-refractivity contribution is 0.682. The molecule has 0 amide bonds. The van der Waals surface area contributed by atoms with Crippen LogP contribution in [0.2, 0.25) is 0 Å². The number of anilines is 1. The van der Waals surface area contributed by atoms with Gasteiger partial charge in [0.15, 0.2) is 5.65 Å². The standard InChI is InChI=1S/C10H13BrN4OS/c1-7(6-17(2)16)12-10-13-9-4-3-8(11)5-15(9)14-10/h3-5,7H,6H2,1-2H3,(H,12,14). The van der Waals surface area contributed by atoms with Crippen molar-refractivity contribution in [3.63, 3.8) is 0 Å². The van der Waals surface area contributed by atoms with Gasteiger partial charge in [0.2, 0.25) is 5.95 Å². The topological polar surface area (TPSA) is 59.3 Å². The lowest BCUT2D eigenvalue weighted by Crippen LogP contribution is -2.22. The van der Waals surface area contributed by atoms with Gasteiger partial charge in [0.05, 0.1) is 0 Å². The first-order chi connectivity index (χ1) is 8.04. The van der Waals surface area contributed by atoms with Crippen LogP contribution >= 0.6 is 15.9 Å². The highest BCUT2D eigenvalue weighted by Gasteiger charge is 2.08. The Morgan fingerprint density at radius 3 is 3.06 bits per heavy atom. The SMILES string of the molecule is CC(CS(C)=O)Nc1nc2ccc(Br)cn2n1. The number of rotatable bonds is 4. The highest BCUT2D eigenvalue weighted by molar-refractivity contribution is 9.10. The second kappa shape index (κ2) is 5.14. The fourth-order valence-corrected chi connectivity index (χ4v) is 2.65. The Balaban J connectivity index is 2.16. The predicted molar refractivity (Wildman–Crippen MR) is 72.7 cm³/mol. The summed E-state index contributed by atoms with van der Waals surface area (Å²) in [5.41, 5.74) is 0.778. The summed E-state index contributed by atoms with van der Waals surface area (Å²) >= 11 is 3.38. The number of hydrogen-bond acceptors (Lipinski definition) is 4. The van der Waals surface area contributed by atoms with Crippen molar-refractivity contribution in [2.24, 2.45) is 0 Å². The average molecular weight is 317 g/mol. The van der Waals surface area contributed by atoms with Gasteiger partial charge in [0.25, 0.3) is 0 Å². The van der Waals surface area contributed by atoms with E-state index in [0.717, 1.165) is 10.1 Å². The molecule has 0 aliphatic carbocycles. The Morgan fingerprint density at radius 2 is 2.35 bits per heavy atom. The van der Waals surface area contributed by atoms with Crippen LogP contribution in [0, 0.1) is 0 Å². The molecule has 0 fully saturated rings. The molecule has 5 nitrogen and oxygen atoms in total.